The van der Waals surface area contributed by atoms with Crippen LogP contribution < -0.4 is 0 Å². The lowest BCUT2D eigenvalue weighted by molar-refractivity contribution is 0.668. The second-order valence-corrected chi connectivity index (χ2v) is 6.54. The molecular weight excluding hydrogens is 334 g/mol. The molecule has 4 heterocycles. The Balaban J connectivity index is 1.72. The van der Waals surface area contributed by atoms with Gasteiger partial charge < -0.3 is 4.42 Å². The van der Waals surface area contributed by atoms with Gasteiger partial charge in [-0.05, 0) is 24.3 Å². The Bertz CT molecular complexity index is 1480. The number of fused-ring (bicyclic) bond motifs is 6. The van der Waals surface area contributed by atoms with Crippen LogP contribution in [0.4, 0.5) is 0 Å². The van der Waals surface area contributed by atoms with Crippen molar-refractivity contribution in [3.8, 4) is 11.4 Å². The molecule has 0 unspecified atom stereocenters. The first-order chi connectivity index (χ1) is 13.4. The van der Waals surface area contributed by atoms with E-state index in [1.165, 1.54) is 0 Å². The second-order valence-electron chi connectivity index (χ2n) is 6.54. The molecule has 6 aromatic rings. The Morgan fingerprint density at radius 3 is 2.44 bits per heavy atom. The molecule has 0 fully saturated rings. The van der Waals surface area contributed by atoms with Crippen molar-refractivity contribution in [2.24, 2.45) is 0 Å². The van der Waals surface area contributed by atoms with Gasteiger partial charge in [0.15, 0.2) is 0 Å². The van der Waals surface area contributed by atoms with E-state index in [2.05, 4.69) is 40.3 Å². The van der Waals surface area contributed by atoms with Gasteiger partial charge in [0.2, 0.25) is 0 Å². The molecule has 0 spiro atoms. The lowest BCUT2D eigenvalue weighted by Gasteiger charge is -2.06. The molecule has 0 saturated carbocycles. The first kappa shape index (κ1) is 14.4. The van der Waals surface area contributed by atoms with Crippen LogP contribution >= 0.6 is 0 Å². The largest absolute Gasteiger partial charge is 0.456 e. The van der Waals surface area contributed by atoms with E-state index >= 15 is 0 Å². The van der Waals surface area contributed by atoms with Crippen molar-refractivity contribution in [1.29, 1.82) is 0 Å². The van der Waals surface area contributed by atoms with Gasteiger partial charge in [0.25, 0.3) is 0 Å². The van der Waals surface area contributed by atoms with Crippen LogP contribution in [-0.2, 0) is 0 Å². The fraction of sp³-hybridized carbons (Fsp3) is 0. The molecule has 4 nitrogen and oxygen atoms in total. The van der Waals surface area contributed by atoms with Crippen molar-refractivity contribution >= 4 is 43.7 Å². The summed E-state index contributed by atoms with van der Waals surface area (Å²) in [4.78, 5) is 14.1. The fourth-order valence-electron chi connectivity index (χ4n) is 3.72. The molecular formula is C23H13N3O. The molecule has 27 heavy (non-hydrogen) atoms. The first-order valence-corrected chi connectivity index (χ1v) is 8.80. The number of furan rings is 1. The summed E-state index contributed by atoms with van der Waals surface area (Å²) < 4.78 is 5.99. The van der Waals surface area contributed by atoms with Gasteiger partial charge in [-0.3, -0.25) is 9.97 Å². The average molecular weight is 347 g/mol. The van der Waals surface area contributed by atoms with Gasteiger partial charge in [0.1, 0.15) is 16.9 Å². The predicted molar refractivity (Wildman–Crippen MR) is 108 cm³/mol. The third kappa shape index (κ3) is 2.07. The number of benzene rings is 2. The minimum atomic E-state index is 0.817. The number of rotatable bonds is 1. The Labute approximate surface area is 154 Å². The molecule has 4 heteroatoms. The summed E-state index contributed by atoms with van der Waals surface area (Å²) in [5.74, 6) is 0. The van der Waals surface area contributed by atoms with Crippen LogP contribution in [0.2, 0.25) is 0 Å². The number of nitrogens with zero attached hydrogens (tertiary/aromatic N) is 3. The highest BCUT2D eigenvalue weighted by molar-refractivity contribution is 6.11. The molecule has 0 saturated heterocycles. The monoisotopic (exact) mass is 347 g/mol. The van der Waals surface area contributed by atoms with Crippen molar-refractivity contribution in [1.82, 2.24) is 15.0 Å². The highest BCUT2D eigenvalue weighted by Crippen LogP contribution is 2.35. The molecule has 126 valence electrons. The van der Waals surface area contributed by atoms with Crippen LogP contribution in [0.3, 0.4) is 0 Å². The maximum atomic E-state index is 5.99. The smallest absolute Gasteiger partial charge is 0.139 e. The standard InChI is InChI=1S/C23H13N3O/c1-2-6-18-16(5-1)20-19(27-18)11-13-25-23(20)17-10-9-15-8-7-14-4-3-12-24-21(14)22(15)26-17/h1-13H. The van der Waals surface area contributed by atoms with Gasteiger partial charge in [0, 0.05) is 28.6 Å². The number of hydrogen-bond acceptors (Lipinski definition) is 4. The number of pyridine rings is 3. The highest BCUT2D eigenvalue weighted by Gasteiger charge is 2.15. The van der Waals surface area contributed by atoms with E-state index in [9.17, 15) is 0 Å². The maximum Gasteiger partial charge on any atom is 0.139 e. The van der Waals surface area contributed by atoms with Crippen molar-refractivity contribution in [2.75, 3.05) is 0 Å². The normalized spacial score (nSPS) is 11.7. The van der Waals surface area contributed by atoms with Crippen molar-refractivity contribution in [3.05, 3.63) is 79.1 Å². The van der Waals surface area contributed by atoms with Gasteiger partial charge in [0.05, 0.1) is 22.1 Å². The number of aromatic nitrogens is 3. The maximum absolute atomic E-state index is 5.99. The summed E-state index contributed by atoms with van der Waals surface area (Å²) >= 11 is 0. The number of para-hydroxylation sites is 1. The van der Waals surface area contributed by atoms with Crippen molar-refractivity contribution in [2.45, 2.75) is 0 Å². The van der Waals surface area contributed by atoms with Crippen LogP contribution in [0, 0.1) is 0 Å². The van der Waals surface area contributed by atoms with Crippen molar-refractivity contribution in [3.63, 3.8) is 0 Å². The minimum Gasteiger partial charge on any atom is -0.456 e. The topological polar surface area (TPSA) is 51.8 Å². The zero-order valence-electron chi connectivity index (χ0n) is 14.3. The molecule has 2 aromatic carbocycles. The van der Waals surface area contributed by atoms with Gasteiger partial charge >= 0.3 is 0 Å². The average Bonchev–Trinajstić information content (AvgIpc) is 3.12. The summed E-state index contributed by atoms with van der Waals surface area (Å²) in [6.45, 7) is 0. The van der Waals surface area contributed by atoms with E-state index < -0.39 is 0 Å². The minimum absolute atomic E-state index is 0.817. The molecule has 0 aliphatic carbocycles. The van der Waals surface area contributed by atoms with Gasteiger partial charge in [-0.2, -0.15) is 0 Å². The van der Waals surface area contributed by atoms with E-state index in [1.807, 2.05) is 36.4 Å². The van der Waals surface area contributed by atoms with E-state index in [4.69, 9.17) is 9.40 Å². The molecule has 0 aliphatic heterocycles. The van der Waals surface area contributed by atoms with E-state index in [0.717, 1.165) is 55.1 Å². The summed E-state index contributed by atoms with van der Waals surface area (Å²) in [5, 5.41) is 4.19. The zero-order valence-corrected chi connectivity index (χ0v) is 14.3. The molecule has 4 aromatic heterocycles. The number of hydrogen-bond donors (Lipinski definition) is 0. The van der Waals surface area contributed by atoms with E-state index in [0.29, 0.717) is 0 Å². The van der Waals surface area contributed by atoms with Crippen LogP contribution in [0.1, 0.15) is 0 Å². The van der Waals surface area contributed by atoms with E-state index in [1.54, 1.807) is 12.4 Å². The van der Waals surface area contributed by atoms with Crippen LogP contribution in [0.5, 0.6) is 0 Å². The Kier molecular flexibility index (Phi) is 2.85. The Morgan fingerprint density at radius 2 is 1.48 bits per heavy atom. The SMILES string of the molecule is c1cnc2c(c1)ccc1ccc(-c3nccc4oc5ccccc5c34)nc12. The first-order valence-electron chi connectivity index (χ1n) is 8.80. The van der Waals surface area contributed by atoms with Gasteiger partial charge in [-0.15, -0.1) is 0 Å². The summed E-state index contributed by atoms with van der Waals surface area (Å²) in [6, 6.07) is 22.2. The Morgan fingerprint density at radius 1 is 0.630 bits per heavy atom. The van der Waals surface area contributed by atoms with Crippen molar-refractivity contribution < 1.29 is 4.42 Å². The molecule has 0 bridgehead atoms. The van der Waals surface area contributed by atoms with E-state index in [-0.39, 0.29) is 0 Å². The fourth-order valence-corrected chi connectivity index (χ4v) is 3.72. The molecule has 0 amide bonds. The summed E-state index contributed by atoms with van der Waals surface area (Å²) in [7, 11) is 0. The molecule has 0 N–H and O–H groups in total. The lowest BCUT2D eigenvalue weighted by Crippen LogP contribution is -1.91. The van der Waals surface area contributed by atoms with Gasteiger partial charge in [-0.25, -0.2) is 4.98 Å². The van der Waals surface area contributed by atoms with Crippen LogP contribution in [0.25, 0.3) is 55.1 Å². The molecule has 0 radical (unpaired) electrons. The second kappa shape index (κ2) is 5.35. The third-order valence-electron chi connectivity index (χ3n) is 4.96. The van der Waals surface area contributed by atoms with Gasteiger partial charge in [-0.1, -0.05) is 42.5 Å². The summed E-state index contributed by atoms with van der Waals surface area (Å²) in [6.07, 6.45) is 3.58. The quantitative estimate of drug-likeness (QED) is 0.356. The van der Waals surface area contributed by atoms with Crippen LogP contribution in [-0.4, -0.2) is 15.0 Å². The molecule has 0 atom stereocenters. The van der Waals surface area contributed by atoms with Crippen LogP contribution in [0.15, 0.2) is 83.5 Å². The zero-order chi connectivity index (χ0) is 17.8. The molecule has 0 aliphatic rings. The lowest BCUT2D eigenvalue weighted by atomic mass is 10.1. The predicted octanol–water partition coefficient (Wildman–Crippen LogP) is 5.74. The molecule has 6 rings (SSSR count). The summed E-state index contributed by atoms with van der Waals surface area (Å²) in [5.41, 5.74) is 5.11. The third-order valence-corrected chi connectivity index (χ3v) is 4.96. The Hall–Kier alpha value is -3.79. The highest BCUT2D eigenvalue weighted by atomic mass is 16.3.